The highest BCUT2D eigenvalue weighted by Gasteiger charge is 2.32. The van der Waals surface area contributed by atoms with Crippen LogP contribution in [0.5, 0.6) is 0 Å². The zero-order valence-electron chi connectivity index (χ0n) is 19.9. The Morgan fingerprint density at radius 3 is 2.47 bits per heavy atom. The van der Waals surface area contributed by atoms with Crippen molar-refractivity contribution in [3.63, 3.8) is 0 Å². The number of likely N-dealkylation sites (tertiary alicyclic amines) is 1. The van der Waals surface area contributed by atoms with Crippen molar-refractivity contribution in [2.24, 2.45) is 5.92 Å². The van der Waals surface area contributed by atoms with Gasteiger partial charge in [0.2, 0.25) is 5.91 Å². The third kappa shape index (κ3) is 4.31. The normalized spacial score (nSPS) is 22.2. The summed E-state index contributed by atoms with van der Waals surface area (Å²) in [5.74, 6) is 1.18. The van der Waals surface area contributed by atoms with E-state index in [1.165, 1.54) is 43.2 Å². The zero-order chi connectivity index (χ0) is 22.4. The third-order valence-electron chi connectivity index (χ3n) is 8.58. The average molecular weight is 479 g/mol. The summed E-state index contributed by atoms with van der Waals surface area (Å²) in [6.07, 6.45) is 10.1. The summed E-state index contributed by atoms with van der Waals surface area (Å²) in [7, 11) is 0. The van der Waals surface area contributed by atoms with Gasteiger partial charge in [-0.3, -0.25) is 14.5 Å². The molecule has 0 radical (unpaired) electrons. The highest BCUT2D eigenvalue weighted by atomic mass is 35.5. The molecule has 0 N–H and O–H groups in total. The van der Waals surface area contributed by atoms with Gasteiger partial charge in [0.15, 0.2) is 5.78 Å². The molecule has 3 aliphatic heterocycles. The molecule has 1 fully saturated rings. The van der Waals surface area contributed by atoms with Crippen molar-refractivity contribution >= 4 is 29.8 Å². The van der Waals surface area contributed by atoms with Crippen molar-refractivity contribution in [3.8, 4) is 0 Å². The third-order valence-corrected chi connectivity index (χ3v) is 8.58. The fourth-order valence-electron chi connectivity index (χ4n) is 6.76. The van der Waals surface area contributed by atoms with Crippen LogP contribution in [0.25, 0.3) is 0 Å². The molecule has 4 nitrogen and oxygen atoms in total. The van der Waals surface area contributed by atoms with Crippen LogP contribution in [0.1, 0.15) is 83.6 Å². The second kappa shape index (κ2) is 9.83. The minimum absolute atomic E-state index is 0. The Bertz CT molecular complexity index is 1090. The molecule has 0 bridgehead atoms. The summed E-state index contributed by atoms with van der Waals surface area (Å²) in [6.45, 7) is 3.10. The Morgan fingerprint density at radius 1 is 0.882 bits per heavy atom. The number of nitrogens with zero attached hydrogens (tertiary/aromatic N) is 2. The number of ketones is 1. The summed E-state index contributed by atoms with van der Waals surface area (Å²) in [5.41, 5.74) is 7.48. The number of rotatable bonds is 5. The molecule has 1 amide bonds. The minimum atomic E-state index is 0. The van der Waals surface area contributed by atoms with Gasteiger partial charge in [0.05, 0.1) is 5.69 Å². The van der Waals surface area contributed by atoms with Gasteiger partial charge in [-0.25, -0.2) is 0 Å². The first kappa shape index (κ1) is 23.6. The standard InChI is InChI=1S/C29H34N2O2.ClH/c32-27(24-18-22-9-11-28(33)31-17-14-23(19-24)29(22)31)10-8-20-12-15-30(16-13-20)26-7-3-5-21-4-1-2-6-25(21)26;/h1-2,4,6,18-20,26H,3,5,7-17H2;1H. The molecule has 3 heterocycles. The zero-order valence-corrected chi connectivity index (χ0v) is 20.7. The lowest BCUT2D eigenvalue weighted by molar-refractivity contribution is -0.118. The van der Waals surface area contributed by atoms with Crippen LogP contribution in [0.4, 0.5) is 5.69 Å². The van der Waals surface area contributed by atoms with Crippen LogP contribution in [0.3, 0.4) is 0 Å². The van der Waals surface area contributed by atoms with E-state index in [0.717, 1.165) is 50.1 Å². The maximum Gasteiger partial charge on any atom is 0.227 e. The van der Waals surface area contributed by atoms with E-state index in [0.29, 0.717) is 24.8 Å². The molecule has 1 saturated heterocycles. The Morgan fingerprint density at radius 2 is 1.65 bits per heavy atom. The number of amides is 1. The number of benzene rings is 2. The predicted octanol–water partition coefficient (Wildman–Crippen LogP) is 5.70. The molecule has 0 aromatic heterocycles. The van der Waals surface area contributed by atoms with Crippen molar-refractivity contribution in [2.75, 3.05) is 24.5 Å². The lowest BCUT2D eigenvalue weighted by Gasteiger charge is -2.40. The second-order valence-electron chi connectivity index (χ2n) is 10.5. The molecule has 1 aliphatic carbocycles. The van der Waals surface area contributed by atoms with Gasteiger partial charge in [-0.05, 0) is 105 Å². The van der Waals surface area contributed by atoms with Gasteiger partial charge in [-0.15, -0.1) is 12.4 Å². The fourth-order valence-corrected chi connectivity index (χ4v) is 6.76. The van der Waals surface area contributed by atoms with E-state index >= 15 is 0 Å². The quantitative estimate of drug-likeness (QED) is 0.518. The lowest BCUT2D eigenvalue weighted by atomic mass is 9.84. The smallest absolute Gasteiger partial charge is 0.227 e. The van der Waals surface area contributed by atoms with Crippen LogP contribution in [-0.4, -0.2) is 36.2 Å². The van der Waals surface area contributed by atoms with Crippen LogP contribution in [0.2, 0.25) is 0 Å². The van der Waals surface area contributed by atoms with Crippen LogP contribution in [0, 0.1) is 5.92 Å². The van der Waals surface area contributed by atoms with Gasteiger partial charge >= 0.3 is 0 Å². The molecule has 5 heteroatoms. The Hall–Kier alpha value is -2.17. The van der Waals surface area contributed by atoms with Crippen molar-refractivity contribution < 1.29 is 9.59 Å². The van der Waals surface area contributed by atoms with E-state index in [-0.39, 0.29) is 24.1 Å². The summed E-state index contributed by atoms with van der Waals surface area (Å²) >= 11 is 0. The average Bonchev–Trinajstić information content (AvgIpc) is 3.30. The first-order valence-electron chi connectivity index (χ1n) is 13.0. The number of fused-ring (bicyclic) bond motifs is 1. The van der Waals surface area contributed by atoms with Crippen molar-refractivity contribution in [1.29, 1.82) is 0 Å². The number of piperidine rings is 1. The van der Waals surface area contributed by atoms with E-state index in [2.05, 4.69) is 41.3 Å². The number of anilines is 1. The maximum atomic E-state index is 13.1. The lowest BCUT2D eigenvalue weighted by Crippen LogP contribution is -2.38. The van der Waals surface area contributed by atoms with E-state index < -0.39 is 0 Å². The van der Waals surface area contributed by atoms with Crippen LogP contribution in [-0.2, 0) is 24.1 Å². The summed E-state index contributed by atoms with van der Waals surface area (Å²) in [5, 5.41) is 0. The minimum Gasteiger partial charge on any atom is -0.312 e. The van der Waals surface area contributed by atoms with Gasteiger partial charge in [-0.1, -0.05) is 24.3 Å². The Kier molecular flexibility index (Phi) is 6.81. The molecule has 6 rings (SSSR count). The van der Waals surface area contributed by atoms with E-state index in [1.54, 1.807) is 11.1 Å². The molecule has 180 valence electrons. The number of aryl methyl sites for hydroxylation is 2. The largest absolute Gasteiger partial charge is 0.312 e. The van der Waals surface area contributed by atoms with E-state index in [4.69, 9.17) is 0 Å². The second-order valence-corrected chi connectivity index (χ2v) is 10.5. The van der Waals surface area contributed by atoms with Crippen LogP contribution < -0.4 is 4.90 Å². The number of hydrogen-bond acceptors (Lipinski definition) is 3. The first-order chi connectivity index (χ1) is 16.2. The molecule has 1 atom stereocenters. The van der Waals surface area contributed by atoms with Gasteiger partial charge in [-0.2, -0.15) is 0 Å². The molecular formula is C29H35ClN2O2. The molecule has 0 saturated carbocycles. The van der Waals surface area contributed by atoms with E-state index in [9.17, 15) is 9.59 Å². The summed E-state index contributed by atoms with van der Waals surface area (Å²) < 4.78 is 0. The number of Topliss-reactive ketones (excluding diaryl/α,β-unsaturated/α-hetero) is 1. The number of carbonyl (C=O) groups is 2. The molecule has 34 heavy (non-hydrogen) atoms. The van der Waals surface area contributed by atoms with Crippen LogP contribution >= 0.6 is 12.4 Å². The van der Waals surface area contributed by atoms with Crippen molar-refractivity contribution in [3.05, 3.63) is 64.2 Å². The van der Waals surface area contributed by atoms with Crippen LogP contribution in [0.15, 0.2) is 36.4 Å². The fraction of sp³-hybridized carbons (Fsp3) is 0.517. The molecule has 2 aromatic rings. The number of halogens is 1. The molecule has 0 spiro atoms. The Balaban J connectivity index is 0.00000241. The van der Waals surface area contributed by atoms with Gasteiger partial charge in [0.25, 0.3) is 0 Å². The van der Waals surface area contributed by atoms with Crippen molar-refractivity contribution in [2.45, 2.75) is 70.3 Å². The van der Waals surface area contributed by atoms with Crippen molar-refractivity contribution in [1.82, 2.24) is 4.90 Å². The molecule has 2 aromatic carbocycles. The SMILES string of the molecule is Cl.O=C(CCC1CCN(C2CCCc3ccccc32)CC1)c1cc2c3c(c1)CCN3C(=O)CC2. The highest BCUT2D eigenvalue weighted by molar-refractivity contribution is 6.02. The first-order valence-corrected chi connectivity index (χ1v) is 13.0. The topological polar surface area (TPSA) is 40.6 Å². The molecule has 4 aliphatic rings. The van der Waals surface area contributed by atoms with Gasteiger partial charge in [0, 0.05) is 31.0 Å². The van der Waals surface area contributed by atoms with E-state index in [1.807, 2.05) is 4.90 Å². The molecule has 1 unspecified atom stereocenters. The number of hydrogen-bond donors (Lipinski definition) is 0. The Labute approximate surface area is 209 Å². The predicted molar refractivity (Wildman–Crippen MR) is 138 cm³/mol. The van der Waals surface area contributed by atoms with Gasteiger partial charge in [0.1, 0.15) is 0 Å². The highest BCUT2D eigenvalue weighted by Crippen LogP contribution is 2.39. The monoisotopic (exact) mass is 478 g/mol. The number of carbonyl (C=O) groups excluding carboxylic acids is 2. The maximum absolute atomic E-state index is 13.1. The summed E-state index contributed by atoms with van der Waals surface area (Å²) in [4.78, 5) is 29.9. The molecular weight excluding hydrogens is 444 g/mol. The van der Waals surface area contributed by atoms with Gasteiger partial charge < -0.3 is 4.90 Å². The summed E-state index contributed by atoms with van der Waals surface area (Å²) in [6, 6.07) is 13.8.